The average molecular weight is 314 g/mol. The predicted octanol–water partition coefficient (Wildman–Crippen LogP) is 0.903. The van der Waals surface area contributed by atoms with E-state index in [1.165, 1.54) is 0 Å². The van der Waals surface area contributed by atoms with E-state index in [2.05, 4.69) is 4.98 Å². The number of pyridine rings is 1. The molecule has 1 saturated heterocycles. The fourth-order valence-corrected chi connectivity index (χ4v) is 2.24. The maximum atomic E-state index is 12.0. The molecule has 0 bridgehead atoms. The van der Waals surface area contributed by atoms with Gasteiger partial charge in [-0.15, -0.1) is 0 Å². The molecule has 0 N–H and O–H groups in total. The molecule has 2 heterocycles. The SMILES string of the molecule is CN(C)CC(=O)N1CCO[C@H](COc2ncccc2Cl)C1. The molecular weight excluding hydrogens is 294 g/mol. The van der Waals surface area contributed by atoms with Crippen LogP contribution in [0.3, 0.4) is 0 Å². The molecule has 6 nitrogen and oxygen atoms in total. The summed E-state index contributed by atoms with van der Waals surface area (Å²) in [6.45, 7) is 2.38. The fraction of sp³-hybridized carbons (Fsp3) is 0.571. The summed E-state index contributed by atoms with van der Waals surface area (Å²) >= 11 is 5.98. The van der Waals surface area contributed by atoms with Crippen LogP contribution in [0.15, 0.2) is 18.3 Å². The van der Waals surface area contributed by atoms with Gasteiger partial charge in [0.25, 0.3) is 0 Å². The van der Waals surface area contributed by atoms with Crippen molar-refractivity contribution in [2.75, 3.05) is 46.9 Å². The highest BCUT2D eigenvalue weighted by Crippen LogP contribution is 2.20. The summed E-state index contributed by atoms with van der Waals surface area (Å²) in [7, 11) is 3.75. The van der Waals surface area contributed by atoms with Crippen LogP contribution in [0.5, 0.6) is 5.88 Å². The first-order chi connectivity index (χ1) is 10.1. The summed E-state index contributed by atoms with van der Waals surface area (Å²) in [6.07, 6.45) is 1.46. The molecule has 1 fully saturated rings. The smallest absolute Gasteiger partial charge is 0.236 e. The number of carbonyl (C=O) groups excluding carboxylic acids is 1. The molecule has 7 heteroatoms. The first kappa shape index (κ1) is 16.0. The first-order valence-electron chi connectivity index (χ1n) is 6.83. The molecule has 0 spiro atoms. The number of morpholine rings is 1. The number of rotatable bonds is 5. The van der Waals surface area contributed by atoms with Crippen molar-refractivity contribution in [1.29, 1.82) is 0 Å². The lowest BCUT2D eigenvalue weighted by Gasteiger charge is -2.33. The van der Waals surface area contributed by atoms with E-state index in [4.69, 9.17) is 21.1 Å². The van der Waals surface area contributed by atoms with Crippen molar-refractivity contribution in [3.63, 3.8) is 0 Å². The zero-order valence-corrected chi connectivity index (χ0v) is 13.0. The third-order valence-corrected chi connectivity index (χ3v) is 3.36. The van der Waals surface area contributed by atoms with E-state index in [-0.39, 0.29) is 12.0 Å². The van der Waals surface area contributed by atoms with Gasteiger partial charge in [0, 0.05) is 12.7 Å². The maximum absolute atomic E-state index is 12.0. The second-order valence-corrected chi connectivity index (χ2v) is 5.58. The normalized spacial score (nSPS) is 18.9. The number of aromatic nitrogens is 1. The van der Waals surface area contributed by atoms with Gasteiger partial charge in [-0.3, -0.25) is 4.79 Å². The Morgan fingerprint density at radius 3 is 3.14 bits per heavy atom. The summed E-state index contributed by atoms with van der Waals surface area (Å²) < 4.78 is 11.2. The molecular formula is C14H20ClN3O3. The summed E-state index contributed by atoms with van der Waals surface area (Å²) in [4.78, 5) is 19.8. The minimum Gasteiger partial charge on any atom is -0.474 e. The standard InChI is InChI=1S/C14H20ClN3O3/c1-17(2)9-13(19)18-6-7-20-11(8-18)10-21-14-12(15)4-3-5-16-14/h3-5,11H,6-10H2,1-2H3/t11-/m0/s1. The van der Waals surface area contributed by atoms with E-state index in [9.17, 15) is 4.79 Å². The lowest BCUT2D eigenvalue weighted by atomic mass is 10.2. The van der Waals surface area contributed by atoms with E-state index in [0.717, 1.165) is 0 Å². The van der Waals surface area contributed by atoms with Gasteiger partial charge >= 0.3 is 0 Å². The van der Waals surface area contributed by atoms with Crippen molar-refractivity contribution in [1.82, 2.24) is 14.8 Å². The zero-order chi connectivity index (χ0) is 15.2. The molecule has 1 atom stereocenters. The number of halogens is 1. The number of carbonyl (C=O) groups is 1. The third kappa shape index (κ3) is 4.84. The molecule has 0 aliphatic carbocycles. The largest absolute Gasteiger partial charge is 0.474 e. The molecule has 1 amide bonds. The molecule has 2 rings (SSSR count). The quantitative estimate of drug-likeness (QED) is 0.808. The number of hydrogen-bond donors (Lipinski definition) is 0. The number of hydrogen-bond acceptors (Lipinski definition) is 5. The number of amides is 1. The number of likely N-dealkylation sites (N-methyl/N-ethyl adjacent to an activating group) is 1. The second kappa shape index (κ2) is 7.59. The highest BCUT2D eigenvalue weighted by molar-refractivity contribution is 6.31. The number of ether oxygens (including phenoxy) is 2. The molecule has 21 heavy (non-hydrogen) atoms. The van der Waals surface area contributed by atoms with Gasteiger partial charge < -0.3 is 19.3 Å². The molecule has 1 aliphatic rings. The Morgan fingerprint density at radius 1 is 1.62 bits per heavy atom. The second-order valence-electron chi connectivity index (χ2n) is 5.17. The Hall–Kier alpha value is -1.37. The monoisotopic (exact) mass is 313 g/mol. The molecule has 116 valence electrons. The highest BCUT2D eigenvalue weighted by Gasteiger charge is 2.25. The number of nitrogens with zero attached hydrogens (tertiary/aromatic N) is 3. The van der Waals surface area contributed by atoms with Crippen LogP contribution in [0.1, 0.15) is 0 Å². The van der Waals surface area contributed by atoms with E-state index in [1.54, 1.807) is 23.2 Å². The third-order valence-electron chi connectivity index (χ3n) is 3.07. The molecule has 0 unspecified atom stereocenters. The highest BCUT2D eigenvalue weighted by atomic mass is 35.5. The maximum Gasteiger partial charge on any atom is 0.236 e. The lowest BCUT2D eigenvalue weighted by molar-refractivity contribution is -0.140. The molecule has 1 aromatic rings. The molecule has 0 aromatic carbocycles. The van der Waals surface area contributed by atoms with Crippen molar-refractivity contribution in [2.45, 2.75) is 6.10 Å². The Labute approximate surface area is 129 Å². The van der Waals surface area contributed by atoms with E-state index in [1.807, 2.05) is 19.0 Å². The van der Waals surface area contributed by atoms with Gasteiger partial charge in [0.1, 0.15) is 17.7 Å². The van der Waals surface area contributed by atoms with Crippen LogP contribution in [-0.2, 0) is 9.53 Å². The van der Waals surface area contributed by atoms with E-state index >= 15 is 0 Å². The Bertz CT molecular complexity index is 484. The van der Waals surface area contributed by atoms with Crippen LogP contribution in [0.4, 0.5) is 0 Å². The minimum atomic E-state index is -0.164. The van der Waals surface area contributed by atoms with Crippen molar-refractivity contribution in [3.8, 4) is 5.88 Å². The summed E-state index contributed by atoms with van der Waals surface area (Å²) in [5.41, 5.74) is 0. The van der Waals surface area contributed by atoms with Crippen LogP contribution < -0.4 is 4.74 Å². The molecule has 1 aromatic heterocycles. The lowest BCUT2D eigenvalue weighted by Crippen LogP contribution is -2.49. The van der Waals surface area contributed by atoms with Crippen molar-refractivity contribution in [3.05, 3.63) is 23.4 Å². The van der Waals surface area contributed by atoms with Crippen LogP contribution in [-0.4, -0.2) is 73.7 Å². The van der Waals surface area contributed by atoms with Gasteiger partial charge in [-0.05, 0) is 26.2 Å². The van der Waals surface area contributed by atoms with Crippen molar-refractivity contribution < 1.29 is 14.3 Å². The first-order valence-corrected chi connectivity index (χ1v) is 7.21. The van der Waals surface area contributed by atoms with Gasteiger partial charge in [-0.25, -0.2) is 4.98 Å². The molecule has 0 radical (unpaired) electrons. The van der Waals surface area contributed by atoms with Gasteiger partial charge in [-0.1, -0.05) is 11.6 Å². The van der Waals surface area contributed by atoms with E-state index in [0.29, 0.717) is 43.8 Å². The Kier molecular flexibility index (Phi) is 5.78. The fourth-order valence-electron chi connectivity index (χ4n) is 2.07. The van der Waals surface area contributed by atoms with Crippen LogP contribution in [0.2, 0.25) is 5.02 Å². The van der Waals surface area contributed by atoms with E-state index < -0.39 is 0 Å². The minimum absolute atomic E-state index is 0.101. The Balaban J connectivity index is 1.84. The van der Waals surface area contributed by atoms with Crippen LogP contribution >= 0.6 is 11.6 Å². The van der Waals surface area contributed by atoms with Gasteiger partial charge in [0.05, 0.1) is 19.7 Å². The summed E-state index contributed by atoms with van der Waals surface area (Å²) in [5, 5.41) is 0.467. The summed E-state index contributed by atoms with van der Waals surface area (Å²) in [6, 6.07) is 3.46. The zero-order valence-electron chi connectivity index (χ0n) is 12.3. The molecule has 0 saturated carbocycles. The van der Waals surface area contributed by atoms with Gasteiger partial charge in [0.15, 0.2) is 0 Å². The van der Waals surface area contributed by atoms with Crippen molar-refractivity contribution in [2.24, 2.45) is 0 Å². The molecule has 1 aliphatic heterocycles. The predicted molar refractivity (Wildman–Crippen MR) is 79.6 cm³/mol. The Morgan fingerprint density at radius 2 is 2.43 bits per heavy atom. The van der Waals surface area contributed by atoms with Gasteiger partial charge in [-0.2, -0.15) is 0 Å². The average Bonchev–Trinajstić information content (AvgIpc) is 2.46. The van der Waals surface area contributed by atoms with Crippen LogP contribution in [0, 0.1) is 0 Å². The van der Waals surface area contributed by atoms with Crippen molar-refractivity contribution >= 4 is 17.5 Å². The summed E-state index contributed by atoms with van der Waals surface area (Å²) in [5.74, 6) is 0.490. The van der Waals surface area contributed by atoms with Gasteiger partial charge in [0.2, 0.25) is 11.8 Å². The van der Waals surface area contributed by atoms with Crippen LogP contribution in [0.25, 0.3) is 0 Å². The topological polar surface area (TPSA) is 54.9 Å².